The minimum atomic E-state index is -2.51. The topological polar surface area (TPSA) is 153 Å². The second-order valence-electron chi connectivity index (χ2n) is 11.7. The highest BCUT2D eigenvalue weighted by Crippen LogP contribution is 2.43. The van der Waals surface area contributed by atoms with Crippen LogP contribution in [0.4, 0.5) is 21.5 Å². The number of hydrogen-bond donors (Lipinski definition) is 3. The molecule has 7 rings (SSSR count). The van der Waals surface area contributed by atoms with Gasteiger partial charge in [0.1, 0.15) is 23.4 Å². The minimum Gasteiger partial charge on any atom is -0.492 e. The summed E-state index contributed by atoms with van der Waals surface area (Å²) in [6.45, 7) is 2.37. The van der Waals surface area contributed by atoms with Gasteiger partial charge in [0.2, 0.25) is 0 Å². The van der Waals surface area contributed by atoms with E-state index in [-0.39, 0.29) is 33.9 Å². The van der Waals surface area contributed by atoms with Crippen LogP contribution in [0.15, 0.2) is 48.9 Å². The molecule has 3 aliphatic heterocycles. The SMILES string of the molecule is O=C(O)c1cc(Nc2c(N(C3CCOCC3)S(=O)O)cnc3cc(-c4cncc5c4OCC5)cc(F)c23)cc(OC2CCOCC2)c1. The molecule has 0 bridgehead atoms. The molecule has 47 heavy (non-hydrogen) atoms. The summed E-state index contributed by atoms with van der Waals surface area (Å²) < 4.78 is 64.1. The number of benzene rings is 2. The largest absolute Gasteiger partial charge is 0.492 e. The van der Waals surface area contributed by atoms with Crippen molar-refractivity contribution in [2.24, 2.45) is 0 Å². The molecule has 3 N–H and O–H groups in total. The van der Waals surface area contributed by atoms with Crippen LogP contribution in [0.1, 0.15) is 41.6 Å². The molecule has 0 saturated carbocycles. The summed E-state index contributed by atoms with van der Waals surface area (Å²) in [6.07, 6.45) is 7.58. The van der Waals surface area contributed by atoms with Gasteiger partial charge in [0, 0.05) is 73.8 Å². The number of pyridine rings is 2. The highest BCUT2D eigenvalue weighted by atomic mass is 32.2. The number of anilines is 3. The van der Waals surface area contributed by atoms with E-state index in [1.165, 1.54) is 28.7 Å². The lowest BCUT2D eigenvalue weighted by Crippen LogP contribution is -2.41. The smallest absolute Gasteiger partial charge is 0.335 e. The van der Waals surface area contributed by atoms with Gasteiger partial charge in [-0.15, -0.1) is 0 Å². The van der Waals surface area contributed by atoms with E-state index in [2.05, 4.69) is 15.3 Å². The summed E-state index contributed by atoms with van der Waals surface area (Å²) in [4.78, 5) is 21.0. The molecule has 2 aromatic carbocycles. The molecular formula is C33H33FN4O8S. The van der Waals surface area contributed by atoms with Crippen LogP contribution in [0.3, 0.4) is 0 Å². The first-order valence-corrected chi connectivity index (χ1v) is 16.5. The average molecular weight is 665 g/mol. The Morgan fingerprint density at radius 1 is 1.00 bits per heavy atom. The predicted octanol–water partition coefficient (Wildman–Crippen LogP) is 5.49. The van der Waals surface area contributed by atoms with Gasteiger partial charge in [0.05, 0.1) is 53.9 Å². The fourth-order valence-electron chi connectivity index (χ4n) is 6.34. The van der Waals surface area contributed by atoms with E-state index in [4.69, 9.17) is 18.9 Å². The number of aromatic nitrogens is 2. The number of fused-ring (bicyclic) bond motifs is 2. The molecule has 2 saturated heterocycles. The van der Waals surface area contributed by atoms with E-state index in [9.17, 15) is 18.7 Å². The fraction of sp³-hybridized carbons (Fsp3) is 0.364. The molecule has 3 aliphatic rings. The highest BCUT2D eigenvalue weighted by molar-refractivity contribution is 7.80. The second-order valence-corrected chi connectivity index (χ2v) is 12.5. The number of halogens is 1. The summed E-state index contributed by atoms with van der Waals surface area (Å²) in [7, 11) is 0. The number of nitrogens with zero attached hydrogens (tertiary/aromatic N) is 3. The van der Waals surface area contributed by atoms with Crippen LogP contribution in [-0.2, 0) is 27.2 Å². The highest BCUT2D eigenvalue weighted by Gasteiger charge is 2.30. The lowest BCUT2D eigenvalue weighted by molar-refractivity contribution is 0.0255. The van der Waals surface area contributed by atoms with Crippen molar-refractivity contribution in [3.63, 3.8) is 0 Å². The molecule has 0 amide bonds. The van der Waals surface area contributed by atoms with Crippen LogP contribution < -0.4 is 19.1 Å². The van der Waals surface area contributed by atoms with Crippen LogP contribution in [0.5, 0.6) is 11.5 Å². The zero-order valence-corrected chi connectivity index (χ0v) is 26.1. The maximum absolute atomic E-state index is 16.5. The quantitative estimate of drug-likeness (QED) is 0.195. The lowest BCUT2D eigenvalue weighted by atomic mass is 10.0. The van der Waals surface area contributed by atoms with Crippen molar-refractivity contribution >= 4 is 45.2 Å². The van der Waals surface area contributed by atoms with Crippen LogP contribution in [-0.4, -0.2) is 75.0 Å². The normalized spacial score (nSPS) is 17.6. The first-order chi connectivity index (χ1) is 22.9. The van der Waals surface area contributed by atoms with Gasteiger partial charge >= 0.3 is 5.97 Å². The van der Waals surface area contributed by atoms with Gasteiger partial charge < -0.3 is 29.4 Å². The van der Waals surface area contributed by atoms with Crippen LogP contribution in [0, 0.1) is 5.82 Å². The van der Waals surface area contributed by atoms with Crippen molar-refractivity contribution in [2.45, 2.75) is 44.2 Å². The fourth-order valence-corrected chi connectivity index (χ4v) is 7.12. The number of carboxylic acids is 1. The van der Waals surface area contributed by atoms with Crippen molar-refractivity contribution < 1.29 is 42.0 Å². The maximum Gasteiger partial charge on any atom is 0.335 e. The average Bonchev–Trinajstić information content (AvgIpc) is 3.56. The summed E-state index contributed by atoms with van der Waals surface area (Å²) >= 11 is -2.51. The van der Waals surface area contributed by atoms with E-state index in [0.717, 1.165) is 5.56 Å². The monoisotopic (exact) mass is 664 g/mol. The number of aromatic carboxylic acids is 1. The van der Waals surface area contributed by atoms with Crippen molar-refractivity contribution in [1.82, 2.24) is 9.97 Å². The van der Waals surface area contributed by atoms with Crippen molar-refractivity contribution in [1.29, 1.82) is 0 Å². The van der Waals surface area contributed by atoms with E-state index in [0.29, 0.717) is 93.5 Å². The Balaban J connectivity index is 1.37. The molecular weight excluding hydrogens is 631 g/mol. The van der Waals surface area contributed by atoms with Gasteiger partial charge in [-0.25, -0.2) is 13.4 Å². The third-order valence-electron chi connectivity index (χ3n) is 8.62. The number of ether oxygens (including phenoxy) is 4. The molecule has 2 aromatic heterocycles. The Bertz CT molecular complexity index is 1850. The second kappa shape index (κ2) is 13.4. The third-order valence-corrected chi connectivity index (χ3v) is 9.45. The van der Waals surface area contributed by atoms with Crippen LogP contribution in [0.2, 0.25) is 0 Å². The summed E-state index contributed by atoms with van der Waals surface area (Å²) in [6, 6.07) is 7.16. The minimum absolute atomic E-state index is 0.0443. The maximum atomic E-state index is 16.5. The molecule has 2 fully saturated rings. The molecule has 0 radical (unpaired) electrons. The molecule has 0 spiro atoms. The molecule has 246 valence electrons. The van der Waals surface area contributed by atoms with E-state index in [1.807, 2.05) is 0 Å². The van der Waals surface area contributed by atoms with Crippen molar-refractivity contribution in [2.75, 3.05) is 42.7 Å². The zero-order valence-electron chi connectivity index (χ0n) is 25.3. The molecule has 1 atom stereocenters. The Morgan fingerprint density at radius 3 is 2.51 bits per heavy atom. The third kappa shape index (κ3) is 6.46. The standard InChI is InChI=1S/C33H33FN4O8S/c34-27-13-20(26-17-35-16-19-1-10-45-32(19)26)14-28-30(27)31(29(18-36-28)38(47(41)42)23-2-6-43-7-3-23)37-22-11-21(33(39)40)12-25(15-22)46-24-4-8-44-9-5-24/h11-18,23-24H,1-10H2,(H,36,37)(H,39,40)(H,41,42). The van der Waals surface area contributed by atoms with E-state index in [1.54, 1.807) is 24.5 Å². The predicted molar refractivity (Wildman–Crippen MR) is 172 cm³/mol. The van der Waals surface area contributed by atoms with Crippen molar-refractivity contribution in [3.05, 3.63) is 65.9 Å². The van der Waals surface area contributed by atoms with Crippen LogP contribution in [0.25, 0.3) is 22.0 Å². The molecule has 1 unspecified atom stereocenters. The van der Waals surface area contributed by atoms with Gasteiger partial charge in [-0.05, 0) is 42.7 Å². The lowest BCUT2D eigenvalue weighted by Gasteiger charge is -2.34. The number of nitrogens with one attached hydrogen (secondary N) is 1. The first-order valence-electron chi connectivity index (χ1n) is 15.5. The summed E-state index contributed by atoms with van der Waals surface area (Å²) in [5, 5.41) is 13.2. The molecule has 12 nitrogen and oxygen atoms in total. The summed E-state index contributed by atoms with van der Waals surface area (Å²) in [5.74, 6) is -0.849. The Kier molecular flexibility index (Phi) is 8.90. The molecule has 14 heteroatoms. The van der Waals surface area contributed by atoms with Gasteiger partial charge in [0.15, 0.2) is 0 Å². The van der Waals surface area contributed by atoms with E-state index >= 15 is 4.39 Å². The van der Waals surface area contributed by atoms with Gasteiger partial charge in [0.25, 0.3) is 11.3 Å². The number of rotatable bonds is 9. The number of hydrogen-bond acceptors (Lipinski definition) is 9. The Morgan fingerprint density at radius 2 is 1.77 bits per heavy atom. The van der Waals surface area contributed by atoms with Gasteiger partial charge in [-0.1, -0.05) is 0 Å². The Hall–Kier alpha value is -4.37. The first kappa shape index (κ1) is 31.2. The Labute approximate surface area is 272 Å². The molecule has 4 aromatic rings. The zero-order chi connectivity index (χ0) is 32.5. The van der Waals surface area contributed by atoms with Gasteiger partial charge in [-0.2, -0.15) is 0 Å². The van der Waals surface area contributed by atoms with Gasteiger partial charge in [-0.3, -0.25) is 18.8 Å². The van der Waals surface area contributed by atoms with Crippen molar-refractivity contribution in [3.8, 4) is 22.6 Å². The van der Waals surface area contributed by atoms with Crippen LogP contribution >= 0.6 is 0 Å². The molecule has 5 heterocycles. The molecule has 0 aliphatic carbocycles. The summed E-state index contributed by atoms with van der Waals surface area (Å²) in [5.41, 5.74) is 2.92. The number of carboxylic acid groups (broad SMARTS) is 1. The van der Waals surface area contributed by atoms with E-state index < -0.39 is 29.1 Å². The number of carbonyl (C=O) groups is 1.